The summed E-state index contributed by atoms with van der Waals surface area (Å²) in [6.07, 6.45) is 2.39. The number of hydrogen-bond acceptors (Lipinski definition) is 4. The number of primary amides is 1. The first-order valence-electron chi connectivity index (χ1n) is 6.08. The summed E-state index contributed by atoms with van der Waals surface area (Å²) < 4.78 is 3.65. The smallest absolute Gasteiger partial charge is 0.323 e. The van der Waals surface area contributed by atoms with E-state index in [0.717, 1.165) is 13.1 Å². The minimum atomic E-state index is -0.863. The zero-order valence-electron chi connectivity index (χ0n) is 10.9. The minimum Gasteiger partial charge on any atom is -0.364 e. The van der Waals surface area contributed by atoms with Crippen LogP contribution in [0.1, 0.15) is 36.1 Å². The molecule has 0 aromatic carbocycles. The summed E-state index contributed by atoms with van der Waals surface area (Å²) in [7, 11) is 0. The van der Waals surface area contributed by atoms with Crippen molar-refractivity contribution < 1.29 is 14.3 Å². The van der Waals surface area contributed by atoms with E-state index >= 15 is 0 Å². The Kier molecular flexibility index (Phi) is 3.32. The highest BCUT2D eigenvalue weighted by Crippen LogP contribution is 2.28. The molecule has 8 heteroatoms. The Labute approximate surface area is 109 Å². The number of nitrogens with zero attached hydrogens (tertiary/aromatic N) is 4. The van der Waals surface area contributed by atoms with Crippen LogP contribution in [0.4, 0.5) is 5.69 Å². The van der Waals surface area contributed by atoms with Gasteiger partial charge in [-0.2, -0.15) is 5.10 Å². The van der Waals surface area contributed by atoms with E-state index < -0.39 is 10.8 Å². The maximum atomic E-state index is 11.3. The number of nitrogens with two attached hydrogens (primary N) is 1. The molecule has 0 atom stereocenters. The SMILES string of the molecule is CC=[N+]1CC(n2nc(C(N)=O)c([N+](=O)[O-])c2CC)C1. The Balaban J connectivity index is 2.47. The first kappa shape index (κ1) is 13.2. The van der Waals surface area contributed by atoms with Crippen molar-refractivity contribution >= 4 is 17.8 Å². The fourth-order valence-electron chi connectivity index (χ4n) is 2.30. The van der Waals surface area contributed by atoms with Gasteiger partial charge in [0, 0.05) is 6.92 Å². The number of hydrogen-bond donors (Lipinski definition) is 1. The second-order valence-corrected chi connectivity index (χ2v) is 4.43. The molecule has 0 unspecified atom stereocenters. The lowest BCUT2D eigenvalue weighted by Gasteiger charge is -2.24. The highest BCUT2D eigenvalue weighted by molar-refractivity contribution is 5.95. The summed E-state index contributed by atoms with van der Waals surface area (Å²) in [5.41, 5.74) is 5.12. The van der Waals surface area contributed by atoms with E-state index in [1.54, 1.807) is 11.6 Å². The van der Waals surface area contributed by atoms with Crippen LogP contribution < -0.4 is 5.73 Å². The van der Waals surface area contributed by atoms with E-state index in [1.165, 1.54) is 0 Å². The largest absolute Gasteiger partial charge is 0.364 e. The summed E-state index contributed by atoms with van der Waals surface area (Å²) >= 11 is 0. The lowest BCUT2D eigenvalue weighted by molar-refractivity contribution is -0.596. The van der Waals surface area contributed by atoms with E-state index in [9.17, 15) is 14.9 Å². The lowest BCUT2D eigenvalue weighted by Crippen LogP contribution is -2.42. The molecular formula is C11H16N5O3+. The van der Waals surface area contributed by atoms with Gasteiger partial charge >= 0.3 is 5.69 Å². The Morgan fingerprint density at radius 3 is 2.74 bits per heavy atom. The van der Waals surface area contributed by atoms with Gasteiger partial charge in [0.15, 0.2) is 19.1 Å². The van der Waals surface area contributed by atoms with Crippen LogP contribution in [0.3, 0.4) is 0 Å². The molecule has 0 saturated carbocycles. The third-order valence-electron chi connectivity index (χ3n) is 3.33. The fraction of sp³-hybridized carbons (Fsp3) is 0.545. The molecule has 1 amide bonds. The summed E-state index contributed by atoms with van der Waals surface area (Å²) in [4.78, 5) is 21.8. The number of rotatable bonds is 4. The molecule has 1 saturated heterocycles. The third kappa shape index (κ3) is 2.09. The van der Waals surface area contributed by atoms with Gasteiger partial charge in [-0.05, 0) is 6.42 Å². The lowest BCUT2D eigenvalue weighted by atomic mass is 10.1. The molecule has 0 radical (unpaired) electrons. The topological polar surface area (TPSA) is 107 Å². The number of nitro groups is 1. The summed E-state index contributed by atoms with van der Waals surface area (Å²) in [5, 5.41) is 15.1. The second-order valence-electron chi connectivity index (χ2n) is 4.43. The van der Waals surface area contributed by atoms with Crippen molar-refractivity contribution in [3.63, 3.8) is 0 Å². The van der Waals surface area contributed by atoms with Crippen LogP contribution in [-0.2, 0) is 6.42 Å². The zero-order valence-corrected chi connectivity index (χ0v) is 10.9. The van der Waals surface area contributed by atoms with Gasteiger partial charge in [0.2, 0.25) is 5.69 Å². The van der Waals surface area contributed by atoms with Gasteiger partial charge in [0.25, 0.3) is 5.91 Å². The normalized spacial score (nSPS) is 18.0. The Morgan fingerprint density at radius 1 is 1.68 bits per heavy atom. The molecule has 1 fully saturated rings. The van der Waals surface area contributed by atoms with Crippen molar-refractivity contribution in [3.05, 3.63) is 21.5 Å². The molecule has 0 aliphatic carbocycles. The molecule has 1 aromatic heterocycles. The van der Waals surface area contributed by atoms with Crippen LogP contribution in [0.15, 0.2) is 0 Å². The Bertz CT molecular complexity index is 567. The zero-order chi connectivity index (χ0) is 14.2. The highest BCUT2D eigenvalue weighted by atomic mass is 16.6. The van der Waals surface area contributed by atoms with Crippen LogP contribution in [0.25, 0.3) is 0 Å². The van der Waals surface area contributed by atoms with Crippen molar-refractivity contribution in [2.75, 3.05) is 13.1 Å². The van der Waals surface area contributed by atoms with Crippen LogP contribution in [0.2, 0.25) is 0 Å². The van der Waals surface area contributed by atoms with E-state index in [2.05, 4.69) is 9.67 Å². The fourth-order valence-corrected chi connectivity index (χ4v) is 2.30. The number of carbonyl (C=O) groups is 1. The molecule has 1 aliphatic rings. The monoisotopic (exact) mass is 266 g/mol. The molecule has 1 aromatic rings. The average molecular weight is 266 g/mol. The Morgan fingerprint density at radius 2 is 2.32 bits per heavy atom. The molecule has 0 bridgehead atoms. The third-order valence-corrected chi connectivity index (χ3v) is 3.33. The standard InChI is InChI=1S/C11H15N5O3/c1-3-8-10(16(18)19)9(11(12)17)13-15(8)7-5-14(4-2)6-7/h4,7H,3,5-6H2,1-2H3,(H-,12,17)/p+1. The Hall–Kier alpha value is -2.25. The van der Waals surface area contributed by atoms with E-state index in [-0.39, 0.29) is 17.4 Å². The molecular weight excluding hydrogens is 250 g/mol. The molecule has 19 heavy (non-hydrogen) atoms. The van der Waals surface area contributed by atoms with Gasteiger partial charge in [-0.25, -0.2) is 9.26 Å². The average Bonchev–Trinajstić information content (AvgIpc) is 2.67. The number of carbonyl (C=O) groups excluding carboxylic acids is 1. The van der Waals surface area contributed by atoms with Crippen molar-refractivity contribution in [3.8, 4) is 0 Å². The molecule has 2 rings (SSSR count). The predicted molar refractivity (Wildman–Crippen MR) is 67.5 cm³/mol. The maximum Gasteiger partial charge on any atom is 0.323 e. The van der Waals surface area contributed by atoms with Crippen LogP contribution >= 0.6 is 0 Å². The number of amides is 1. The number of aromatic nitrogens is 2. The van der Waals surface area contributed by atoms with Gasteiger partial charge in [-0.3, -0.25) is 14.9 Å². The summed E-state index contributed by atoms with van der Waals surface area (Å²) in [5.74, 6) is -0.863. The minimum absolute atomic E-state index is 0.0537. The van der Waals surface area contributed by atoms with Crippen LogP contribution in [-0.4, -0.2) is 44.5 Å². The molecule has 2 heterocycles. The first-order valence-corrected chi connectivity index (χ1v) is 6.08. The highest BCUT2D eigenvalue weighted by Gasteiger charge is 2.39. The van der Waals surface area contributed by atoms with Gasteiger partial charge in [-0.15, -0.1) is 0 Å². The van der Waals surface area contributed by atoms with Gasteiger partial charge < -0.3 is 5.73 Å². The molecule has 1 aliphatic heterocycles. The second kappa shape index (κ2) is 4.79. The van der Waals surface area contributed by atoms with E-state index in [0.29, 0.717) is 12.1 Å². The maximum absolute atomic E-state index is 11.3. The van der Waals surface area contributed by atoms with Gasteiger partial charge in [0.05, 0.1) is 4.92 Å². The van der Waals surface area contributed by atoms with Crippen LogP contribution in [0.5, 0.6) is 0 Å². The van der Waals surface area contributed by atoms with E-state index in [1.807, 2.05) is 13.1 Å². The van der Waals surface area contributed by atoms with Crippen molar-refractivity contribution in [1.29, 1.82) is 0 Å². The molecule has 2 N–H and O–H groups in total. The molecule has 102 valence electrons. The van der Waals surface area contributed by atoms with E-state index in [4.69, 9.17) is 5.73 Å². The predicted octanol–water partition coefficient (Wildman–Crippen LogP) is 0.111. The van der Waals surface area contributed by atoms with Crippen LogP contribution in [0, 0.1) is 10.1 Å². The summed E-state index contributed by atoms with van der Waals surface area (Å²) in [6, 6.07) is 0.0537. The molecule has 0 spiro atoms. The van der Waals surface area contributed by atoms with Gasteiger partial charge in [-0.1, -0.05) is 6.92 Å². The van der Waals surface area contributed by atoms with Crippen molar-refractivity contribution in [1.82, 2.24) is 9.78 Å². The quantitative estimate of drug-likeness (QED) is 0.474. The van der Waals surface area contributed by atoms with Crippen molar-refractivity contribution in [2.45, 2.75) is 26.3 Å². The first-order chi connectivity index (χ1) is 8.99. The molecule has 8 nitrogen and oxygen atoms in total. The van der Waals surface area contributed by atoms with Gasteiger partial charge in [0.1, 0.15) is 11.9 Å². The van der Waals surface area contributed by atoms with Crippen molar-refractivity contribution in [2.24, 2.45) is 5.73 Å². The summed E-state index contributed by atoms with van der Waals surface area (Å²) in [6.45, 7) is 5.20.